The van der Waals surface area contributed by atoms with E-state index in [1.54, 1.807) is 31.4 Å². The Morgan fingerprint density at radius 1 is 1.08 bits per heavy atom. The van der Waals surface area contributed by atoms with E-state index in [1.165, 1.54) is 6.42 Å². The maximum absolute atomic E-state index is 11.9. The molecule has 0 spiro atoms. The van der Waals surface area contributed by atoms with Crippen LogP contribution in [0.2, 0.25) is 0 Å². The van der Waals surface area contributed by atoms with Crippen molar-refractivity contribution in [3.05, 3.63) is 24.3 Å². The second kappa shape index (κ2) is 9.15. The molecule has 0 aromatic heterocycles. The van der Waals surface area contributed by atoms with Crippen LogP contribution in [0.5, 0.6) is 11.5 Å². The Morgan fingerprint density at radius 3 is 2.42 bits per heavy atom. The van der Waals surface area contributed by atoms with Gasteiger partial charge in [-0.15, -0.1) is 0 Å². The van der Waals surface area contributed by atoms with Gasteiger partial charge >= 0.3 is 5.97 Å². The van der Waals surface area contributed by atoms with Gasteiger partial charge in [0.15, 0.2) is 13.2 Å². The van der Waals surface area contributed by atoms with Crippen molar-refractivity contribution in [1.82, 2.24) is 5.32 Å². The first-order chi connectivity index (χ1) is 11.6. The van der Waals surface area contributed by atoms with Gasteiger partial charge < -0.3 is 19.5 Å². The number of ether oxygens (including phenoxy) is 3. The molecule has 1 aliphatic carbocycles. The van der Waals surface area contributed by atoms with Crippen molar-refractivity contribution in [1.29, 1.82) is 0 Å². The van der Waals surface area contributed by atoms with Crippen molar-refractivity contribution < 1.29 is 23.8 Å². The van der Waals surface area contributed by atoms with E-state index in [4.69, 9.17) is 14.2 Å². The third kappa shape index (κ3) is 5.76. The molecule has 132 valence electrons. The highest BCUT2D eigenvalue weighted by Crippen LogP contribution is 2.23. The average molecular weight is 335 g/mol. The third-order valence-corrected chi connectivity index (χ3v) is 4.24. The Morgan fingerprint density at radius 2 is 1.75 bits per heavy atom. The van der Waals surface area contributed by atoms with Gasteiger partial charge in [0, 0.05) is 6.04 Å². The average Bonchev–Trinajstić information content (AvgIpc) is 2.60. The number of carbonyl (C=O) groups is 2. The third-order valence-electron chi connectivity index (χ3n) is 4.24. The molecule has 0 radical (unpaired) electrons. The Hall–Kier alpha value is -2.24. The Bertz CT molecular complexity index is 543. The van der Waals surface area contributed by atoms with Crippen molar-refractivity contribution in [3.63, 3.8) is 0 Å². The minimum atomic E-state index is -0.572. The van der Waals surface area contributed by atoms with Gasteiger partial charge in [-0.1, -0.05) is 19.8 Å². The topological polar surface area (TPSA) is 73.9 Å². The summed E-state index contributed by atoms with van der Waals surface area (Å²) >= 11 is 0. The van der Waals surface area contributed by atoms with Crippen molar-refractivity contribution in [2.24, 2.45) is 5.92 Å². The standard InChI is InChI=1S/C18H25NO5/c1-13-5-3-4-6-16(13)19-17(20)11-24-18(21)12-23-15-9-7-14(22-2)8-10-15/h7-10,13,16H,3-6,11-12H2,1-2H3,(H,19,20)/t13-,16-/m1/s1. The molecule has 1 aliphatic rings. The fraction of sp³-hybridized carbons (Fsp3) is 0.556. The van der Waals surface area contributed by atoms with Crippen LogP contribution in [0.3, 0.4) is 0 Å². The number of benzene rings is 1. The summed E-state index contributed by atoms with van der Waals surface area (Å²) in [4.78, 5) is 23.5. The van der Waals surface area contributed by atoms with Gasteiger partial charge in [0.25, 0.3) is 5.91 Å². The van der Waals surface area contributed by atoms with E-state index in [1.807, 2.05) is 0 Å². The lowest BCUT2D eigenvalue weighted by atomic mass is 9.86. The summed E-state index contributed by atoms with van der Waals surface area (Å²) in [7, 11) is 1.58. The lowest BCUT2D eigenvalue weighted by molar-refractivity contribution is -0.150. The number of esters is 1. The van der Waals surface area contributed by atoms with E-state index < -0.39 is 5.97 Å². The summed E-state index contributed by atoms with van der Waals surface area (Å²) in [6, 6.07) is 7.05. The molecule has 6 nitrogen and oxygen atoms in total. The van der Waals surface area contributed by atoms with E-state index in [2.05, 4.69) is 12.2 Å². The fourth-order valence-corrected chi connectivity index (χ4v) is 2.78. The van der Waals surface area contributed by atoms with Gasteiger partial charge in [-0.05, 0) is 43.0 Å². The zero-order valence-electron chi connectivity index (χ0n) is 14.2. The molecule has 1 aromatic rings. The first-order valence-corrected chi connectivity index (χ1v) is 8.30. The number of amides is 1. The van der Waals surface area contributed by atoms with E-state index in [0.29, 0.717) is 17.4 Å². The van der Waals surface area contributed by atoms with Crippen LogP contribution in [0.1, 0.15) is 32.6 Å². The van der Waals surface area contributed by atoms with Crippen LogP contribution in [0.4, 0.5) is 0 Å². The molecule has 24 heavy (non-hydrogen) atoms. The summed E-state index contributed by atoms with van der Waals surface area (Å²) in [5, 5.41) is 2.94. The fourth-order valence-electron chi connectivity index (χ4n) is 2.78. The Kier molecular flexibility index (Phi) is 6.90. The molecule has 0 aliphatic heterocycles. The Balaban J connectivity index is 1.65. The predicted molar refractivity (Wildman–Crippen MR) is 89.0 cm³/mol. The van der Waals surface area contributed by atoms with Crippen LogP contribution in [0.25, 0.3) is 0 Å². The van der Waals surface area contributed by atoms with Crippen molar-refractivity contribution in [3.8, 4) is 11.5 Å². The molecular formula is C18H25NO5. The lowest BCUT2D eigenvalue weighted by Crippen LogP contribution is -2.43. The van der Waals surface area contributed by atoms with Crippen LogP contribution >= 0.6 is 0 Å². The van der Waals surface area contributed by atoms with Crippen molar-refractivity contribution in [2.75, 3.05) is 20.3 Å². The van der Waals surface area contributed by atoms with Crippen LogP contribution in [0, 0.1) is 5.92 Å². The van der Waals surface area contributed by atoms with Gasteiger partial charge in [0.2, 0.25) is 0 Å². The zero-order valence-corrected chi connectivity index (χ0v) is 14.2. The Labute approximate surface area is 142 Å². The highest BCUT2D eigenvalue weighted by molar-refractivity contribution is 5.81. The quantitative estimate of drug-likeness (QED) is 0.774. The van der Waals surface area contributed by atoms with Crippen LogP contribution < -0.4 is 14.8 Å². The molecule has 0 bridgehead atoms. The second-order valence-corrected chi connectivity index (χ2v) is 6.06. The second-order valence-electron chi connectivity index (χ2n) is 6.06. The highest BCUT2D eigenvalue weighted by Gasteiger charge is 2.23. The summed E-state index contributed by atoms with van der Waals surface area (Å²) in [6.45, 7) is 1.63. The minimum absolute atomic E-state index is 0.181. The molecule has 1 amide bonds. The normalized spacial score (nSPS) is 20.1. The number of hydrogen-bond donors (Lipinski definition) is 1. The molecule has 1 N–H and O–H groups in total. The molecular weight excluding hydrogens is 310 g/mol. The smallest absolute Gasteiger partial charge is 0.344 e. The summed E-state index contributed by atoms with van der Waals surface area (Å²) in [5.41, 5.74) is 0. The SMILES string of the molecule is COc1ccc(OCC(=O)OCC(=O)N[C@@H]2CCCC[C@H]2C)cc1. The monoisotopic (exact) mass is 335 g/mol. The van der Waals surface area contributed by atoms with Gasteiger partial charge in [0.05, 0.1) is 7.11 Å². The van der Waals surface area contributed by atoms with Crippen LogP contribution in [0.15, 0.2) is 24.3 Å². The number of hydrogen-bond acceptors (Lipinski definition) is 5. The summed E-state index contributed by atoms with van der Waals surface area (Å²) in [6.07, 6.45) is 4.46. The predicted octanol–water partition coefficient (Wildman–Crippen LogP) is 2.31. The maximum Gasteiger partial charge on any atom is 0.344 e. The van der Waals surface area contributed by atoms with Crippen molar-refractivity contribution in [2.45, 2.75) is 38.6 Å². The van der Waals surface area contributed by atoms with Gasteiger partial charge in [-0.25, -0.2) is 4.79 Å². The molecule has 0 heterocycles. The molecule has 0 unspecified atom stereocenters. The molecule has 1 fully saturated rings. The summed E-state index contributed by atoms with van der Waals surface area (Å²) < 4.78 is 15.3. The number of nitrogens with one attached hydrogen (secondary N) is 1. The van der Waals surface area contributed by atoms with Crippen LogP contribution in [-0.2, 0) is 14.3 Å². The zero-order chi connectivity index (χ0) is 17.4. The maximum atomic E-state index is 11.9. The largest absolute Gasteiger partial charge is 0.497 e. The van der Waals surface area contributed by atoms with Gasteiger partial charge in [-0.3, -0.25) is 4.79 Å². The molecule has 1 aromatic carbocycles. The minimum Gasteiger partial charge on any atom is -0.497 e. The van der Waals surface area contributed by atoms with Gasteiger partial charge in [-0.2, -0.15) is 0 Å². The summed E-state index contributed by atoms with van der Waals surface area (Å²) in [5.74, 6) is 0.882. The highest BCUT2D eigenvalue weighted by atomic mass is 16.6. The molecule has 6 heteroatoms. The van der Waals surface area contributed by atoms with E-state index in [0.717, 1.165) is 19.3 Å². The van der Waals surface area contributed by atoms with Gasteiger partial charge in [0.1, 0.15) is 11.5 Å². The van der Waals surface area contributed by atoms with E-state index in [-0.39, 0.29) is 25.2 Å². The lowest BCUT2D eigenvalue weighted by Gasteiger charge is -2.29. The first-order valence-electron chi connectivity index (χ1n) is 8.30. The number of carbonyl (C=O) groups excluding carboxylic acids is 2. The van der Waals surface area contributed by atoms with E-state index in [9.17, 15) is 9.59 Å². The molecule has 1 saturated carbocycles. The van der Waals surface area contributed by atoms with Crippen molar-refractivity contribution >= 4 is 11.9 Å². The molecule has 2 atom stereocenters. The molecule has 2 rings (SSSR count). The number of rotatable bonds is 7. The number of methoxy groups -OCH3 is 1. The molecule has 0 saturated heterocycles. The van der Waals surface area contributed by atoms with E-state index >= 15 is 0 Å². The first kappa shape index (κ1) is 18.1. The van der Waals surface area contributed by atoms with Crippen LogP contribution in [-0.4, -0.2) is 38.2 Å².